The minimum absolute atomic E-state index is 0.0546. The maximum atomic E-state index is 11.7. The Morgan fingerprint density at radius 2 is 2.24 bits per heavy atom. The van der Waals surface area contributed by atoms with Crippen molar-refractivity contribution in [1.29, 1.82) is 0 Å². The lowest BCUT2D eigenvalue weighted by Gasteiger charge is -2.24. The summed E-state index contributed by atoms with van der Waals surface area (Å²) in [6.45, 7) is 1.17. The molecule has 1 rings (SSSR count). The molecule has 6 nitrogen and oxygen atoms in total. The fourth-order valence-corrected chi connectivity index (χ4v) is 1.33. The number of amides is 1. The zero-order valence-corrected chi connectivity index (χ0v) is 10.1. The van der Waals surface area contributed by atoms with Gasteiger partial charge in [0.1, 0.15) is 0 Å². The fourth-order valence-electron chi connectivity index (χ4n) is 1.19. The number of halogens is 1. The molecule has 0 radical (unpaired) electrons. The lowest BCUT2D eigenvalue weighted by Crippen LogP contribution is -2.55. The van der Waals surface area contributed by atoms with Gasteiger partial charge in [-0.15, -0.1) is 0 Å². The minimum Gasteiger partial charge on any atom is -0.479 e. The van der Waals surface area contributed by atoms with Crippen LogP contribution in [0, 0.1) is 0 Å². The van der Waals surface area contributed by atoms with Gasteiger partial charge in [0.05, 0.1) is 6.61 Å². The second-order valence-electron chi connectivity index (χ2n) is 3.63. The molecule has 0 aliphatic rings. The van der Waals surface area contributed by atoms with Crippen LogP contribution in [0.5, 0.6) is 0 Å². The summed E-state index contributed by atoms with van der Waals surface area (Å²) >= 11 is 5.51. The molecule has 2 N–H and O–H groups in total. The third-order valence-electron chi connectivity index (χ3n) is 2.09. The molecule has 1 aromatic rings. The number of furan rings is 1. The molecule has 0 saturated heterocycles. The largest absolute Gasteiger partial charge is 0.479 e. The summed E-state index contributed by atoms with van der Waals surface area (Å²) in [7, 11) is 1.34. The Morgan fingerprint density at radius 3 is 2.65 bits per heavy atom. The van der Waals surface area contributed by atoms with Gasteiger partial charge in [0.25, 0.3) is 5.91 Å². The Bertz CT molecular complexity index is 430. The van der Waals surface area contributed by atoms with Crippen molar-refractivity contribution in [3.05, 3.63) is 23.1 Å². The number of carboxylic acid groups (broad SMARTS) is 1. The molecular formula is C10H12ClNO5. The van der Waals surface area contributed by atoms with Gasteiger partial charge in [-0.25, -0.2) is 4.79 Å². The Kier molecular flexibility index (Phi) is 4.14. The van der Waals surface area contributed by atoms with Crippen LogP contribution in [0.4, 0.5) is 0 Å². The van der Waals surface area contributed by atoms with Gasteiger partial charge in [-0.05, 0) is 30.7 Å². The normalized spacial score (nSPS) is 14.1. The summed E-state index contributed by atoms with van der Waals surface area (Å²) in [5, 5.41) is 11.4. The van der Waals surface area contributed by atoms with Crippen LogP contribution in [0.2, 0.25) is 5.22 Å². The van der Waals surface area contributed by atoms with Crippen molar-refractivity contribution >= 4 is 23.5 Å². The van der Waals surface area contributed by atoms with Gasteiger partial charge in [0.2, 0.25) is 0 Å². The molecule has 1 amide bonds. The summed E-state index contributed by atoms with van der Waals surface area (Å²) in [5.74, 6) is -1.93. The van der Waals surface area contributed by atoms with Crippen molar-refractivity contribution < 1.29 is 23.8 Å². The SMILES string of the molecule is COCC(C)(NC(=O)c1ccc(Cl)o1)C(=O)O. The first-order valence-electron chi connectivity index (χ1n) is 4.69. The van der Waals surface area contributed by atoms with Crippen molar-refractivity contribution in [2.24, 2.45) is 0 Å². The average molecular weight is 262 g/mol. The van der Waals surface area contributed by atoms with Crippen molar-refractivity contribution in [2.45, 2.75) is 12.5 Å². The smallest absolute Gasteiger partial charge is 0.331 e. The first-order chi connectivity index (χ1) is 7.89. The van der Waals surface area contributed by atoms with Gasteiger partial charge in [-0.3, -0.25) is 4.79 Å². The summed E-state index contributed by atoms with van der Waals surface area (Å²) in [5.41, 5.74) is -1.52. The Hall–Kier alpha value is -1.53. The van der Waals surface area contributed by atoms with Crippen molar-refractivity contribution in [3.8, 4) is 0 Å². The molecule has 0 aliphatic heterocycles. The van der Waals surface area contributed by atoms with Crippen LogP contribution in [-0.2, 0) is 9.53 Å². The van der Waals surface area contributed by atoms with E-state index in [0.717, 1.165) is 0 Å². The van der Waals surface area contributed by atoms with Gasteiger partial charge in [-0.2, -0.15) is 0 Å². The molecule has 0 aliphatic carbocycles. The number of hydrogen-bond acceptors (Lipinski definition) is 4. The quantitative estimate of drug-likeness (QED) is 0.830. The van der Waals surface area contributed by atoms with E-state index in [1.807, 2.05) is 0 Å². The molecule has 1 unspecified atom stereocenters. The molecule has 0 spiro atoms. The summed E-state index contributed by atoms with van der Waals surface area (Å²) in [6, 6.07) is 2.75. The van der Waals surface area contributed by atoms with Gasteiger partial charge < -0.3 is 19.6 Å². The Balaban J connectivity index is 2.81. The molecule has 94 valence electrons. The number of ether oxygens (including phenoxy) is 1. The van der Waals surface area contributed by atoms with Gasteiger partial charge in [0, 0.05) is 7.11 Å². The van der Waals surface area contributed by atoms with Crippen LogP contribution >= 0.6 is 11.6 Å². The lowest BCUT2D eigenvalue weighted by atomic mass is 10.0. The van der Waals surface area contributed by atoms with E-state index in [1.54, 1.807) is 0 Å². The zero-order chi connectivity index (χ0) is 13.1. The number of nitrogens with one attached hydrogen (secondary N) is 1. The highest BCUT2D eigenvalue weighted by atomic mass is 35.5. The third-order valence-corrected chi connectivity index (χ3v) is 2.29. The second kappa shape index (κ2) is 5.20. The number of carboxylic acids is 1. The maximum absolute atomic E-state index is 11.7. The predicted molar refractivity (Wildman–Crippen MR) is 59.1 cm³/mol. The number of carbonyl (C=O) groups excluding carboxylic acids is 1. The monoisotopic (exact) mass is 261 g/mol. The topological polar surface area (TPSA) is 88.8 Å². The van der Waals surface area contributed by atoms with E-state index >= 15 is 0 Å². The zero-order valence-electron chi connectivity index (χ0n) is 9.32. The third kappa shape index (κ3) is 3.21. The van der Waals surface area contributed by atoms with Crippen LogP contribution in [0.15, 0.2) is 16.5 Å². The molecule has 7 heteroatoms. The summed E-state index contributed by atoms with van der Waals surface area (Å²) in [6.07, 6.45) is 0. The van der Waals surface area contributed by atoms with Crippen molar-refractivity contribution in [2.75, 3.05) is 13.7 Å². The van der Waals surface area contributed by atoms with E-state index in [-0.39, 0.29) is 17.6 Å². The highest BCUT2D eigenvalue weighted by molar-refractivity contribution is 6.29. The highest BCUT2D eigenvalue weighted by Gasteiger charge is 2.35. The first-order valence-corrected chi connectivity index (χ1v) is 5.07. The molecule has 1 heterocycles. The van der Waals surface area contributed by atoms with E-state index < -0.39 is 17.4 Å². The van der Waals surface area contributed by atoms with Gasteiger partial charge >= 0.3 is 5.97 Å². The summed E-state index contributed by atoms with van der Waals surface area (Å²) in [4.78, 5) is 22.7. The van der Waals surface area contributed by atoms with Crippen LogP contribution in [0.25, 0.3) is 0 Å². The van der Waals surface area contributed by atoms with Gasteiger partial charge in [0.15, 0.2) is 16.5 Å². The fraction of sp³-hybridized carbons (Fsp3) is 0.400. The minimum atomic E-state index is -1.52. The van der Waals surface area contributed by atoms with E-state index in [9.17, 15) is 9.59 Å². The Morgan fingerprint density at radius 1 is 1.59 bits per heavy atom. The number of methoxy groups -OCH3 is 1. The van der Waals surface area contributed by atoms with E-state index in [1.165, 1.54) is 26.2 Å². The lowest BCUT2D eigenvalue weighted by molar-refractivity contribution is -0.145. The number of rotatable bonds is 5. The van der Waals surface area contributed by atoms with Crippen LogP contribution < -0.4 is 5.32 Å². The molecule has 0 bridgehead atoms. The average Bonchev–Trinajstić information content (AvgIpc) is 2.65. The molecule has 17 heavy (non-hydrogen) atoms. The molecule has 0 fully saturated rings. The molecule has 0 aromatic carbocycles. The number of hydrogen-bond donors (Lipinski definition) is 2. The van der Waals surface area contributed by atoms with Crippen LogP contribution in [0.1, 0.15) is 17.5 Å². The molecular weight excluding hydrogens is 250 g/mol. The molecule has 1 atom stereocenters. The maximum Gasteiger partial charge on any atom is 0.331 e. The van der Waals surface area contributed by atoms with E-state index in [4.69, 9.17) is 25.9 Å². The predicted octanol–water partition coefficient (Wildman–Crippen LogP) is 1.15. The van der Waals surface area contributed by atoms with Crippen molar-refractivity contribution in [3.63, 3.8) is 0 Å². The number of carbonyl (C=O) groups is 2. The number of aliphatic carboxylic acids is 1. The molecule has 0 saturated carbocycles. The first kappa shape index (κ1) is 13.5. The van der Waals surface area contributed by atoms with Crippen LogP contribution in [0.3, 0.4) is 0 Å². The standard InChI is InChI=1S/C10H12ClNO5/c1-10(5-16-2,9(14)15)12-8(13)6-3-4-7(11)17-6/h3-4H,5H2,1-2H3,(H,12,13)(H,14,15). The second-order valence-corrected chi connectivity index (χ2v) is 4.00. The van der Waals surface area contributed by atoms with Crippen LogP contribution in [-0.4, -0.2) is 36.2 Å². The van der Waals surface area contributed by atoms with Gasteiger partial charge in [-0.1, -0.05) is 0 Å². The van der Waals surface area contributed by atoms with E-state index in [0.29, 0.717) is 0 Å². The highest BCUT2D eigenvalue weighted by Crippen LogP contribution is 2.14. The van der Waals surface area contributed by atoms with E-state index in [2.05, 4.69) is 5.32 Å². The Labute approximate surface area is 102 Å². The molecule has 1 aromatic heterocycles. The summed E-state index contributed by atoms with van der Waals surface area (Å²) < 4.78 is 9.63. The van der Waals surface area contributed by atoms with Crippen molar-refractivity contribution in [1.82, 2.24) is 5.32 Å².